The van der Waals surface area contributed by atoms with Crippen LogP contribution >= 0.6 is 0 Å². The molecular formula is C16H26N6O5. The second-order valence-electron chi connectivity index (χ2n) is 6.93. The molecule has 0 amide bonds. The van der Waals surface area contributed by atoms with Crippen molar-refractivity contribution in [2.75, 3.05) is 11.9 Å². The minimum atomic E-state index is -1.63. The molecule has 1 saturated carbocycles. The minimum Gasteiger partial charge on any atom is -0.388 e. The molecule has 1 aliphatic carbocycles. The third-order valence-corrected chi connectivity index (χ3v) is 4.93. The van der Waals surface area contributed by atoms with Crippen LogP contribution in [0.3, 0.4) is 0 Å². The molecule has 2 heterocycles. The Labute approximate surface area is 155 Å². The standard InChI is InChI=1S/C16H26N6O5/c1-3-4-9-17-5-8(18-9)6-22-7-10(19-20-22)21(2)11-12(23)14(25)16(27)15(26)13(11)24/h5,7,11-16,23-27H,3-4,6H2,1-2H3,(H,17,18). The summed E-state index contributed by atoms with van der Waals surface area (Å²) in [7, 11) is 1.55. The monoisotopic (exact) mass is 382 g/mol. The first-order valence-corrected chi connectivity index (χ1v) is 8.89. The minimum absolute atomic E-state index is 0.335. The number of nitrogens with one attached hydrogen (secondary N) is 1. The Morgan fingerprint density at radius 2 is 1.70 bits per heavy atom. The Kier molecular flexibility index (Phi) is 5.77. The van der Waals surface area contributed by atoms with Gasteiger partial charge in [0.25, 0.3) is 0 Å². The highest BCUT2D eigenvalue weighted by Crippen LogP contribution is 2.27. The molecular weight excluding hydrogens is 356 g/mol. The van der Waals surface area contributed by atoms with Crippen LogP contribution in [-0.2, 0) is 13.0 Å². The molecule has 27 heavy (non-hydrogen) atoms. The number of imidazole rings is 1. The smallest absolute Gasteiger partial charge is 0.171 e. The highest BCUT2D eigenvalue weighted by atomic mass is 16.4. The van der Waals surface area contributed by atoms with Crippen LogP contribution in [0.5, 0.6) is 0 Å². The predicted octanol–water partition coefficient (Wildman–Crippen LogP) is -2.38. The van der Waals surface area contributed by atoms with Gasteiger partial charge in [0.15, 0.2) is 5.82 Å². The van der Waals surface area contributed by atoms with E-state index in [1.807, 2.05) is 0 Å². The van der Waals surface area contributed by atoms with E-state index < -0.39 is 36.6 Å². The van der Waals surface area contributed by atoms with Crippen molar-refractivity contribution in [2.24, 2.45) is 0 Å². The van der Waals surface area contributed by atoms with Crippen molar-refractivity contribution in [1.29, 1.82) is 0 Å². The van der Waals surface area contributed by atoms with Crippen LogP contribution in [-0.4, -0.2) is 94.1 Å². The van der Waals surface area contributed by atoms with Gasteiger partial charge < -0.3 is 35.4 Å². The van der Waals surface area contributed by atoms with Crippen LogP contribution in [0.4, 0.5) is 5.82 Å². The first kappa shape index (κ1) is 19.7. The summed E-state index contributed by atoms with van der Waals surface area (Å²) < 4.78 is 1.57. The highest BCUT2D eigenvalue weighted by Gasteiger charge is 2.50. The van der Waals surface area contributed by atoms with Gasteiger partial charge in [0.05, 0.1) is 30.7 Å². The molecule has 1 aliphatic rings. The summed E-state index contributed by atoms with van der Waals surface area (Å²) in [5, 5.41) is 58.0. The lowest BCUT2D eigenvalue weighted by atomic mass is 9.82. The molecule has 150 valence electrons. The molecule has 0 aromatic carbocycles. The lowest BCUT2D eigenvalue weighted by Crippen LogP contribution is -2.68. The third-order valence-electron chi connectivity index (χ3n) is 4.93. The van der Waals surface area contributed by atoms with Crippen molar-refractivity contribution in [1.82, 2.24) is 25.0 Å². The van der Waals surface area contributed by atoms with Gasteiger partial charge >= 0.3 is 0 Å². The fourth-order valence-corrected chi connectivity index (χ4v) is 3.37. The Bertz CT molecular complexity index is 735. The number of hydrogen-bond donors (Lipinski definition) is 6. The maximum Gasteiger partial charge on any atom is 0.171 e. The van der Waals surface area contributed by atoms with E-state index in [-0.39, 0.29) is 0 Å². The number of aromatic nitrogens is 5. The average Bonchev–Trinajstić information content (AvgIpc) is 3.29. The molecule has 0 radical (unpaired) electrons. The molecule has 0 spiro atoms. The van der Waals surface area contributed by atoms with Gasteiger partial charge in [0.2, 0.25) is 0 Å². The first-order valence-electron chi connectivity index (χ1n) is 8.89. The van der Waals surface area contributed by atoms with Crippen molar-refractivity contribution in [3.63, 3.8) is 0 Å². The average molecular weight is 382 g/mol. The van der Waals surface area contributed by atoms with Crippen LogP contribution in [0.2, 0.25) is 0 Å². The van der Waals surface area contributed by atoms with E-state index in [2.05, 4.69) is 27.2 Å². The number of nitrogens with zero attached hydrogens (tertiary/aromatic N) is 5. The van der Waals surface area contributed by atoms with Gasteiger partial charge in [0, 0.05) is 13.5 Å². The van der Waals surface area contributed by atoms with Gasteiger partial charge in [-0.05, 0) is 6.42 Å². The number of aryl methyl sites for hydroxylation is 1. The van der Waals surface area contributed by atoms with E-state index in [4.69, 9.17) is 0 Å². The number of aliphatic hydroxyl groups excluding tert-OH is 5. The number of aromatic amines is 1. The van der Waals surface area contributed by atoms with Crippen LogP contribution in [0.15, 0.2) is 12.4 Å². The number of anilines is 1. The number of rotatable bonds is 6. The van der Waals surface area contributed by atoms with E-state index in [9.17, 15) is 25.5 Å². The van der Waals surface area contributed by atoms with E-state index >= 15 is 0 Å². The van der Waals surface area contributed by atoms with Crippen molar-refractivity contribution in [3.05, 3.63) is 23.9 Å². The number of likely N-dealkylation sites (N-methyl/N-ethyl adjacent to an activating group) is 1. The van der Waals surface area contributed by atoms with Gasteiger partial charge in [-0.2, -0.15) is 0 Å². The lowest BCUT2D eigenvalue weighted by Gasteiger charge is -2.45. The topological polar surface area (TPSA) is 164 Å². The maximum atomic E-state index is 10.2. The SMILES string of the molecule is CCCc1ncc(Cn2cc(N(C)C3C(O)C(O)C(O)C(O)C3O)nn2)[nH]1. The quantitative estimate of drug-likeness (QED) is 0.320. The fraction of sp³-hybridized carbons (Fsp3) is 0.688. The summed E-state index contributed by atoms with van der Waals surface area (Å²) in [5.74, 6) is 1.24. The molecule has 11 nitrogen and oxygen atoms in total. The lowest BCUT2D eigenvalue weighted by molar-refractivity contribution is -0.185. The van der Waals surface area contributed by atoms with Gasteiger partial charge in [0.1, 0.15) is 36.3 Å². The summed E-state index contributed by atoms with van der Waals surface area (Å²) in [6.45, 7) is 2.49. The second kappa shape index (κ2) is 7.90. The molecule has 4 atom stereocenters. The largest absolute Gasteiger partial charge is 0.388 e. The van der Waals surface area contributed by atoms with E-state index in [0.29, 0.717) is 12.4 Å². The number of H-pyrrole nitrogens is 1. The summed E-state index contributed by atoms with van der Waals surface area (Å²) >= 11 is 0. The molecule has 6 N–H and O–H groups in total. The number of aliphatic hydroxyl groups is 5. The highest BCUT2D eigenvalue weighted by molar-refractivity contribution is 5.37. The fourth-order valence-electron chi connectivity index (χ4n) is 3.37. The van der Waals surface area contributed by atoms with Gasteiger partial charge in [-0.15, -0.1) is 5.10 Å². The molecule has 2 aromatic heterocycles. The molecule has 0 saturated heterocycles. The molecule has 4 unspecified atom stereocenters. The first-order chi connectivity index (χ1) is 12.8. The Morgan fingerprint density at radius 3 is 2.33 bits per heavy atom. The predicted molar refractivity (Wildman–Crippen MR) is 93.9 cm³/mol. The summed E-state index contributed by atoms with van der Waals surface area (Å²) in [6, 6.07) is -1.06. The zero-order valence-electron chi connectivity index (χ0n) is 15.2. The molecule has 1 fully saturated rings. The van der Waals surface area contributed by atoms with Crippen LogP contribution in [0, 0.1) is 0 Å². The van der Waals surface area contributed by atoms with E-state index in [1.54, 1.807) is 24.1 Å². The van der Waals surface area contributed by atoms with Gasteiger partial charge in [-0.25, -0.2) is 9.67 Å². The second-order valence-corrected chi connectivity index (χ2v) is 6.93. The summed E-state index contributed by atoms with van der Waals surface area (Å²) in [4.78, 5) is 8.92. The molecule has 2 aromatic rings. The van der Waals surface area contributed by atoms with Crippen LogP contribution < -0.4 is 4.90 Å². The van der Waals surface area contributed by atoms with Crippen molar-refractivity contribution < 1.29 is 25.5 Å². The van der Waals surface area contributed by atoms with E-state index in [1.165, 1.54) is 4.90 Å². The molecule has 11 heteroatoms. The Morgan fingerprint density at radius 1 is 1.07 bits per heavy atom. The molecule has 0 bridgehead atoms. The van der Waals surface area contributed by atoms with Gasteiger partial charge in [-0.1, -0.05) is 12.1 Å². The van der Waals surface area contributed by atoms with E-state index in [0.717, 1.165) is 24.4 Å². The summed E-state index contributed by atoms with van der Waals surface area (Å²) in [6.07, 6.45) is -2.56. The molecule has 3 rings (SSSR count). The number of hydrogen-bond acceptors (Lipinski definition) is 9. The van der Waals surface area contributed by atoms with Crippen LogP contribution in [0.25, 0.3) is 0 Å². The normalized spacial score (nSPS) is 31.2. The van der Waals surface area contributed by atoms with Crippen molar-refractivity contribution in [3.8, 4) is 0 Å². The van der Waals surface area contributed by atoms with Crippen molar-refractivity contribution in [2.45, 2.75) is 62.9 Å². The van der Waals surface area contributed by atoms with Crippen LogP contribution in [0.1, 0.15) is 24.9 Å². The Balaban J connectivity index is 1.72. The molecule has 0 aliphatic heterocycles. The maximum absolute atomic E-state index is 10.2. The zero-order valence-corrected chi connectivity index (χ0v) is 15.2. The Hall–Kier alpha value is -2.05. The van der Waals surface area contributed by atoms with Crippen molar-refractivity contribution >= 4 is 5.82 Å². The zero-order chi connectivity index (χ0) is 19.7. The summed E-state index contributed by atoms with van der Waals surface area (Å²) in [5.41, 5.74) is 0.865. The third kappa shape index (κ3) is 3.82. The van der Waals surface area contributed by atoms with Gasteiger partial charge in [-0.3, -0.25) is 0 Å².